The standard InChI is InChI=1S/C23H34F3N5O5/c1-22(2)12-10-31(20(35)15(30-21(28)36)11-6-4-3-5-7-11)16(14(12)22)19(34)29-13(17(32)18(27)33)8-9-23(24,25)26/h11-16H,3-10H2,1-2H3,(H2,27,33)(H,29,34)(H3,28,30,36)/t12-,13?,14-,15-,16-/m0/s1. The highest BCUT2D eigenvalue weighted by Crippen LogP contribution is 2.65. The van der Waals surface area contributed by atoms with Crippen LogP contribution in [0.3, 0.4) is 0 Å². The number of nitrogens with two attached hydrogens (primary N) is 2. The molecule has 2 aliphatic carbocycles. The van der Waals surface area contributed by atoms with Crippen LogP contribution in [0, 0.1) is 23.2 Å². The van der Waals surface area contributed by atoms with Crippen molar-refractivity contribution >= 4 is 29.5 Å². The van der Waals surface area contributed by atoms with Crippen LogP contribution in [0.5, 0.6) is 0 Å². The number of carbonyl (C=O) groups is 5. The van der Waals surface area contributed by atoms with Crippen LogP contribution in [0.2, 0.25) is 0 Å². The molecule has 36 heavy (non-hydrogen) atoms. The van der Waals surface area contributed by atoms with Gasteiger partial charge in [0.1, 0.15) is 12.1 Å². The fourth-order valence-corrected chi connectivity index (χ4v) is 6.00. The number of Topliss-reactive ketones (excluding diaryl/α,β-unsaturated/α-hetero) is 1. The summed E-state index contributed by atoms with van der Waals surface area (Å²) in [7, 11) is 0. The quantitative estimate of drug-likeness (QED) is 0.334. The van der Waals surface area contributed by atoms with Crippen LogP contribution < -0.4 is 22.1 Å². The highest BCUT2D eigenvalue weighted by molar-refractivity contribution is 6.37. The summed E-state index contributed by atoms with van der Waals surface area (Å²) in [4.78, 5) is 63.6. The third-order valence-electron chi connectivity index (χ3n) is 8.04. The Morgan fingerprint density at radius 2 is 1.64 bits per heavy atom. The first-order valence-electron chi connectivity index (χ1n) is 12.2. The van der Waals surface area contributed by atoms with Gasteiger partial charge in [-0.2, -0.15) is 13.2 Å². The molecular weight excluding hydrogens is 483 g/mol. The van der Waals surface area contributed by atoms with E-state index in [-0.39, 0.29) is 29.7 Å². The molecule has 0 aromatic carbocycles. The van der Waals surface area contributed by atoms with Crippen LogP contribution in [-0.2, 0) is 19.2 Å². The number of carbonyl (C=O) groups excluding carboxylic acids is 5. The van der Waals surface area contributed by atoms with Gasteiger partial charge in [-0.1, -0.05) is 33.1 Å². The van der Waals surface area contributed by atoms with Gasteiger partial charge in [-0.25, -0.2) is 4.79 Å². The van der Waals surface area contributed by atoms with Crippen LogP contribution in [0.25, 0.3) is 0 Å². The van der Waals surface area contributed by atoms with Crippen LogP contribution in [0.15, 0.2) is 0 Å². The summed E-state index contributed by atoms with van der Waals surface area (Å²) in [6.07, 6.45) is -2.71. The molecule has 6 N–H and O–H groups in total. The third kappa shape index (κ3) is 5.92. The van der Waals surface area contributed by atoms with Gasteiger partial charge in [0, 0.05) is 13.0 Å². The van der Waals surface area contributed by atoms with Gasteiger partial charge in [0.15, 0.2) is 0 Å². The van der Waals surface area contributed by atoms with Gasteiger partial charge in [0.2, 0.25) is 17.6 Å². The molecule has 2 saturated carbocycles. The predicted octanol–water partition coefficient (Wildman–Crippen LogP) is 0.968. The first-order chi connectivity index (χ1) is 16.6. The van der Waals surface area contributed by atoms with Crippen molar-refractivity contribution < 1.29 is 37.1 Å². The van der Waals surface area contributed by atoms with Gasteiger partial charge in [-0.3, -0.25) is 19.2 Å². The Morgan fingerprint density at radius 3 is 2.17 bits per heavy atom. The van der Waals surface area contributed by atoms with Crippen molar-refractivity contribution in [3.63, 3.8) is 0 Å². The van der Waals surface area contributed by atoms with Crippen LogP contribution in [0.1, 0.15) is 58.8 Å². The topological polar surface area (TPSA) is 165 Å². The molecule has 0 radical (unpaired) electrons. The molecular formula is C23H34F3N5O5. The average Bonchev–Trinajstić information content (AvgIpc) is 3.12. The number of halogens is 3. The number of nitrogens with zero attached hydrogens (tertiary/aromatic N) is 1. The predicted molar refractivity (Wildman–Crippen MR) is 121 cm³/mol. The summed E-state index contributed by atoms with van der Waals surface area (Å²) in [6, 6.07) is -4.66. The van der Waals surface area contributed by atoms with Crippen molar-refractivity contribution in [2.24, 2.45) is 34.6 Å². The average molecular weight is 518 g/mol. The lowest BCUT2D eigenvalue weighted by atomic mass is 9.83. The molecule has 13 heteroatoms. The molecule has 202 valence electrons. The smallest absolute Gasteiger partial charge is 0.363 e. The molecule has 3 fully saturated rings. The number of likely N-dealkylation sites (tertiary alicyclic amines) is 1. The molecule has 5 atom stereocenters. The van der Waals surface area contributed by atoms with E-state index in [4.69, 9.17) is 11.5 Å². The number of fused-ring (bicyclic) bond motifs is 1. The Bertz CT molecular complexity index is 918. The molecule has 0 aromatic rings. The third-order valence-corrected chi connectivity index (χ3v) is 8.04. The molecule has 0 spiro atoms. The molecule has 5 amide bonds. The van der Waals surface area contributed by atoms with Crippen molar-refractivity contribution in [2.75, 3.05) is 6.54 Å². The molecule has 1 unspecified atom stereocenters. The maximum Gasteiger partial charge on any atom is 0.389 e. The molecule has 3 aliphatic rings. The van der Waals surface area contributed by atoms with Crippen molar-refractivity contribution in [2.45, 2.75) is 83.1 Å². The monoisotopic (exact) mass is 517 g/mol. The van der Waals surface area contributed by atoms with E-state index < -0.39 is 66.7 Å². The van der Waals surface area contributed by atoms with Crippen LogP contribution >= 0.6 is 0 Å². The Labute approximate surface area is 207 Å². The lowest BCUT2D eigenvalue weighted by Crippen LogP contribution is -2.60. The summed E-state index contributed by atoms with van der Waals surface area (Å²) in [5, 5.41) is 4.78. The molecule has 10 nitrogen and oxygen atoms in total. The SMILES string of the molecule is CC1(C)[C@@H]2[C@@H](C(=O)NC(CCC(F)(F)F)C(=O)C(N)=O)N(C(=O)[C@@H](NC(N)=O)C3CCCCC3)C[C@@H]21. The largest absolute Gasteiger partial charge is 0.389 e. The zero-order valence-electron chi connectivity index (χ0n) is 20.4. The number of amides is 5. The Morgan fingerprint density at radius 1 is 1.03 bits per heavy atom. The molecule has 1 heterocycles. The number of nitrogens with one attached hydrogen (secondary N) is 2. The second-order valence-electron chi connectivity index (χ2n) is 10.7. The Balaban J connectivity index is 1.84. The molecule has 0 bridgehead atoms. The minimum Gasteiger partial charge on any atom is -0.363 e. The van der Waals surface area contributed by atoms with Crippen molar-refractivity contribution in [1.82, 2.24) is 15.5 Å². The van der Waals surface area contributed by atoms with E-state index in [0.717, 1.165) is 19.3 Å². The minimum atomic E-state index is -4.62. The van der Waals surface area contributed by atoms with E-state index in [9.17, 15) is 37.1 Å². The van der Waals surface area contributed by atoms with Crippen molar-refractivity contribution in [3.8, 4) is 0 Å². The van der Waals surface area contributed by atoms with Gasteiger partial charge >= 0.3 is 12.2 Å². The first kappa shape index (κ1) is 27.7. The zero-order valence-corrected chi connectivity index (χ0v) is 20.4. The number of alkyl halides is 3. The van der Waals surface area contributed by atoms with E-state index in [1.807, 2.05) is 13.8 Å². The maximum absolute atomic E-state index is 13.6. The second kappa shape index (κ2) is 10.3. The number of ketones is 1. The van der Waals surface area contributed by atoms with Gasteiger partial charge in [-0.15, -0.1) is 0 Å². The first-order valence-corrected chi connectivity index (χ1v) is 12.2. The summed E-state index contributed by atoms with van der Waals surface area (Å²) in [6.45, 7) is 4.05. The van der Waals surface area contributed by atoms with E-state index >= 15 is 0 Å². The molecule has 0 aromatic heterocycles. The van der Waals surface area contributed by atoms with E-state index in [1.165, 1.54) is 4.90 Å². The number of hydrogen-bond acceptors (Lipinski definition) is 5. The van der Waals surface area contributed by atoms with Gasteiger partial charge in [0.25, 0.3) is 5.91 Å². The highest BCUT2D eigenvalue weighted by atomic mass is 19.4. The summed E-state index contributed by atoms with van der Waals surface area (Å²) >= 11 is 0. The van der Waals surface area contributed by atoms with Crippen molar-refractivity contribution in [1.29, 1.82) is 0 Å². The lowest BCUT2D eigenvalue weighted by molar-refractivity contribution is -0.147. The summed E-state index contributed by atoms with van der Waals surface area (Å²) < 4.78 is 38.4. The Kier molecular flexibility index (Phi) is 7.89. The number of hydrogen-bond donors (Lipinski definition) is 4. The molecule has 1 saturated heterocycles. The van der Waals surface area contributed by atoms with Crippen LogP contribution in [0.4, 0.5) is 18.0 Å². The van der Waals surface area contributed by atoms with Crippen molar-refractivity contribution in [3.05, 3.63) is 0 Å². The lowest BCUT2D eigenvalue weighted by Gasteiger charge is -2.37. The summed E-state index contributed by atoms with van der Waals surface area (Å²) in [5.41, 5.74) is 10.0. The number of piperidine rings is 1. The maximum atomic E-state index is 13.6. The van der Waals surface area contributed by atoms with Gasteiger partial charge < -0.3 is 27.0 Å². The normalized spacial score (nSPS) is 26.9. The molecule has 3 rings (SSSR count). The number of rotatable bonds is 9. The number of primary amides is 2. The second-order valence-corrected chi connectivity index (χ2v) is 10.7. The zero-order chi connectivity index (χ0) is 27.0. The summed E-state index contributed by atoms with van der Waals surface area (Å²) in [5.74, 6) is -4.63. The van der Waals surface area contributed by atoms with E-state index in [1.54, 1.807) is 0 Å². The minimum absolute atomic E-state index is 0.0433. The van der Waals surface area contributed by atoms with E-state index in [2.05, 4.69) is 10.6 Å². The van der Waals surface area contributed by atoms with Crippen LogP contribution in [-0.4, -0.2) is 65.3 Å². The fourth-order valence-electron chi connectivity index (χ4n) is 6.00. The van der Waals surface area contributed by atoms with Gasteiger partial charge in [0.05, 0.1) is 6.04 Å². The fraction of sp³-hybridized carbons (Fsp3) is 0.783. The highest BCUT2D eigenvalue weighted by Gasteiger charge is 2.69. The molecule has 1 aliphatic heterocycles. The van der Waals surface area contributed by atoms with Gasteiger partial charge in [-0.05, 0) is 42.4 Å². The Hall–Kier alpha value is -2.86. The number of urea groups is 1. The van der Waals surface area contributed by atoms with E-state index in [0.29, 0.717) is 12.8 Å².